The second kappa shape index (κ2) is 5.67. The van der Waals surface area contributed by atoms with Crippen LogP contribution in [-0.2, 0) is 9.53 Å². The molecule has 0 bridgehead atoms. The minimum absolute atomic E-state index is 0.173. The predicted octanol–water partition coefficient (Wildman–Crippen LogP) is 2.50. The lowest BCUT2D eigenvalue weighted by molar-refractivity contribution is -0.147. The van der Waals surface area contributed by atoms with Gasteiger partial charge < -0.3 is 4.74 Å². The number of carbonyl (C=O) groups excluding carboxylic acids is 1. The quantitative estimate of drug-likeness (QED) is 0.750. The second-order valence-corrected chi connectivity index (χ2v) is 5.32. The normalized spacial score (nSPS) is 26.5. The van der Waals surface area contributed by atoms with Gasteiger partial charge in [0.25, 0.3) is 0 Å². The Morgan fingerprint density at radius 1 is 1.38 bits per heavy atom. The summed E-state index contributed by atoms with van der Waals surface area (Å²) < 4.78 is 4.82. The van der Waals surface area contributed by atoms with Crippen LogP contribution in [0.3, 0.4) is 0 Å². The predicted molar refractivity (Wildman–Crippen MR) is 65.3 cm³/mol. The van der Waals surface area contributed by atoms with E-state index in [-0.39, 0.29) is 5.97 Å². The van der Waals surface area contributed by atoms with Gasteiger partial charge in [-0.2, -0.15) is 0 Å². The maximum Gasteiger partial charge on any atom is 0.325 e. The van der Waals surface area contributed by atoms with E-state index < -0.39 is 5.54 Å². The molecule has 0 spiro atoms. The van der Waals surface area contributed by atoms with Crippen LogP contribution in [0.25, 0.3) is 0 Å². The van der Waals surface area contributed by atoms with Gasteiger partial charge in [-0.15, -0.1) is 0 Å². The van der Waals surface area contributed by atoms with E-state index >= 15 is 0 Å². The Hall–Kier alpha value is -0.570. The molecule has 0 radical (unpaired) electrons. The van der Waals surface area contributed by atoms with E-state index in [1.807, 2.05) is 13.8 Å². The molecule has 1 fully saturated rings. The molecule has 2 atom stereocenters. The number of rotatable bonds is 4. The van der Waals surface area contributed by atoms with E-state index in [0.717, 1.165) is 0 Å². The van der Waals surface area contributed by atoms with E-state index in [4.69, 9.17) is 4.74 Å². The van der Waals surface area contributed by atoms with E-state index in [1.165, 1.54) is 39.2 Å². The molecule has 1 aliphatic carbocycles. The number of hydrogen-bond donors (Lipinski definition) is 1. The molecule has 2 unspecified atom stereocenters. The first-order valence-corrected chi connectivity index (χ1v) is 6.37. The van der Waals surface area contributed by atoms with Crippen LogP contribution in [0, 0.1) is 5.92 Å². The Kier molecular flexibility index (Phi) is 4.78. The molecule has 0 aromatic carbocycles. The number of carbonyl (C=O) groups is 1. The van der Waals surface area contributed by atoms with Crippen molar-refractivity contribution < 1.29 is 9.53 Å². The third-order valence-electron chi connectivity index (χ3n) is 3.68. The van der Waals surface area contributed by atoms with Crippen LogP contribution >= 0.6 is 0 Å². The Morgan fingerprint density at radius 3 is 2.56 bits per heavy atom. The van der Waals surface area contributed by atoms with Crippen molar-refractivity contribution in [2.24, 2.45) is 5.92 Å². The number of methoxy groups -OCH3 is 1. The standard InChI is InChI=1S/C13H25NO2/c1-5-10-8-6-7-9-11(10)14-13(2,3)12(15)16-4/h10-11,14H,5-9H2,1-4H3. The highest BCUT2D eigenvalue weighted by atomic mass is 16.5. The zero-order chi connectivity index (χ0) is 12.2. The van der Waals surface area contributed by atoms with Gasteiger partial charge in [-0.3, -0.25) is 10.1 Å². The average molecular weight is 227 g/mol. The van der Waals surface area contributed by atoms with Crippen molar-refractivity contribution in [1.29, 1.82) is 0 Å². The van der Waals surface area contributed by atoms with Crippen molar-refractivity contribution >= 4 is 5.97 Å². The molecule has 0 aromatic rings. The monoisotopic (exact) mass is 227 g/mol. The summed E-state index contributed by atoms with van der Waals surface area (Å²) in [4.78, 5) is 11.6. The molecule has 3 nitrogen and oxygen atoms in total. The Bertz CT molecular complexity index is 238. The molecule has 0 saturated heterocycles. The van der Waals surface area contributed by atoms with Gasteiger partial charge in [0.05, 0.1) is 7.11 Å². The van der Waals surface area contributed by atoms with Crippen molar-refractivity contribution in [3.05, 3.63) is 0 Å². The highest BCUT2D eigenvalue weighted by Crippen LogP contribution is 2.28. The number of ether oxygens (including phenoxy) is 1. The summed E-state index contributed by atoms with van der Waals surface area (Å²) in [7, 11) is 1.45. The van der Waals surface area contributed by atoms with Crippen LogP contribution in [0.4, 0.5) is 0 Å². The second-order valence-electron chi connectivity index (χ2n) is 5.32. The van der Waals surface area contributed by atoms with Crippen LogP contribution in [-0.4, -0.2) is 24.7 Å². The molecule has 0 amide bonds. The lowest BCUT2D eigenvalue weighted by Gasteiger charge is -2.37. The van der Waals surface area contributed by atoms with Crippen molar-refractivity contribution in [3.8, 4) is 0 Å². The molecule has 0 aliphatic heterocycles. The van der Waals surface area contributed by atoms with Crippen LogP contribution in [0.15, 0.2) is 0 Å². The first-order valence-electron chi connectivity index (χ1n) is 6.37. The van der Waals surface area contributed by atoms with Crippen LogP contribution in [0.5, 0.6) is 0 Å². The maximum atomic E-state index is 11.6. The van der Waals surface area contributed by atoms with Crippen LogP contribution in [0.2, 0.25) is 0 Å². The third kappa shape index (κ3) is 3.21. The van der Waals surface area contributed by atoms with Gasteiger partial charge in [0, 0.05) is 6.04 Å². The summed E-state index contributed by atoms with van der Waals surface area (Å²) >= 11 is 0. The number of nitrogens with one attached hydrogen (secondary N) is 1. The van der Waals surface area contributed by atoms with Gasteiger partial charge in [0.2, 0.25) is 0 Å². The molecular formula is C13H25NO2. The molecule has 1 saturated carbocycles. The summed E-state index contributed by atoms with van der Waals surface area (Å²) in [5, 5.41) is 3.47. The minimum atomic E-state index is -0.565. The smallest absolute Gasteiger partial charge is 0.325 e. The fourth-order valence-corrected chi connectivity index (χ4v) is 2.66. The largest absolute Gasteiger partial charge is 0.468 e. The topological polar surface area (TPSA) is 38.3 Å². The Labute approximate surface area is 98.9 Å². The van der Waals surface area contributed by atoms with E-state index in [2.05, 4.69) is 12.2 Å². The fraction of sp³-hybridized carbons (Fsp3) is 0.923. The summed E-state index contributed by atoms with van der Waals surface area (Å²) in [5.74, 6) is 0.533. The van der Waals surface area contributed by atoms with Gasteiger partial charge >= 0.3 is 5.97 Å². The molecule has 16 heavy (non-hydrogen) atoms. The van der Waals surface area contributed by atoms with Gasteiger partial charge in [-0.25, -0.2) is 0 Å². The zero-order valence-electron chi connectivity index (χ0n) is 11.0. The van der Waals surface area contributed by atoms with Crippen LogP contribution < -0.4 is 5.32 Å². The molecule has 3 heteroatoms. The minimum Gasteiger partial charge on any atom is -0.468 e. The van der Waals surface area contributed by atoms with Gasteiger partial charge in [-0.05, 0) is 32.6 Å². The summed E-state index contributed by atoms with van der Waals surface area (Å²) in [6.45, 7) is 6.04. The van der Waals surface area contributed by atoms with Crippen LogP contribution in [0.1, 0.15) is 52.9 Å². The average Bonchev–Trinajstić information content (AvgIpc) is 2.28. The third-order valence-corrected chi connectivity index (χ3v) is 3.68. The molecule has 1 N–H and O–H groups in total. The van der Waals surface area contributed by atoms with Gasteiger partial charge in [0.1, 0.15) is 5.54 Å². The van der Waals surface area contributed by atoms with Crippen molar-refractivity contribution in [2.75, 3.05) is 7.11 Å². The lowest BCUT2D eigenvalue weighted by Crippen LogP contribution is -2.54. The van der Waals surface area contributed by atoms with E-state index in [9.17, 15) is 4.79 Å². The molecule has 1 rings (SSSR count). The van der Waals surface area contributed by atoms with Crippen molar-refractivity contribution in [2.45, 2.75) is 64.5 Å². The summed E-state index contributed by atoms with van der Waals surface area (Å²) in [6.07, 6.45) is 6.25. The molecule has 1 aliphatic rings. The van der Waals surface area contributed by atoms with Gasteiger partial charge in [0.15, 0.2) is 0 Å². The summed E-state index contributed by atoms with van der Waals surface area (Å²) in [6, 6.07) is 0.466. The number of esters is 1. The van der Waals surface area contributed by atoms with E-state index in [1.54, 1.807) is 0 Å². The molecule has 0 aromatic heterocycles. The first-order chi connectivity index (χ1) is 7.51. The number of hydrogen-bond acceptors (Lipinski definition) is 3. The highest BCUT2D eigenvalue weighted by molar-refractivity contribution is 5.79. The van der Waals surface area contributed by atoms with Crippen molar-refractivity contribution in [3.63, 3.8) is 0 Å². The lowest BCUT2D eigenvalue weighted by atomic mass is 9.81. The fourth-order valence-electron chi connectivity index (χ4n) is 2.66. The summed E-state index contributed by atoms with van der Waals surface area (Å²) in [5.41, 5.74) is -0.565. The molecular weight excluding hydrogens is 202 g/mol. The van der Waals surface area contributed by atoms with Crippen molar-refractivity contribution in [1.82, 2.24) is 5.32 Å². The Morgan fingerprint density at radius 2 is 2.00 bits per heavy atom. The SMILES string of the molecule is CCC1CCCCC1NC(C)(C)C(=O)OC. The van der Waals surface area contributed by atoms with Gasteiger partial charge in [-0.1, -0.05) is 26.2 Å². The molecule has 0 heterocycles. The highest BCUT2D eigenvalue weighted by Gasteiger charge is 2.34. The first kappa shape index (κ1) is 13.5. The molecule has 94 valence electrons. The maximum absolute atomic E-state index is 11.6. The zero-order valence-corrected chi connectivity index (χ0v) is 11.0. The Balaban J connectivity index is 2.60. The van der Waals surface area contributed by atoms with E-state index in [0.29, 0.717) is 12.0 Å².